The van der Waals surface area contributed by atoms with Crippen molar-refractivity contribution in [1.29, 1.82) is 0 Å². The lowest BCUT2D eigenvalue weighted by molar-refractivity contribution is 0.562. The Morgan fingerprint density at radius 3 is 2.39 bits per heavy atom. The fourth-order valence-electron chi connectivity index (χ4n) is 1.86. The molecule has 0 amide bonds. The van der Waals surface area contributed by atoms with Crippen LogP contribution in [-0.4, -0.2) is 17.0 Å². The summed E-state index contributed by atoms with van der Waals surface area (Å²) in [6.45, 7) is 3.86. The molecule has 0 aliphatic rings. The van der Waals surface area contributed by atoms with Crippen molar-refractivity contribution in [2.75, 3.05) is 7.05 Å². The average Bonchev–Trinajstić information content (AvgIpc) is 2.37. The summed E-state index contributed by atoms with van der Waals surface area (Å²) in [7, 11) is 1.77. The fourth-order valence-corrected chi connectivity index (χ4v) is 1.86. The summed E-state index contributed by atoms with van der Waals surface area (Å²) in [5.41, 5.74) is 2.57. The Morgan fingerprint density at radius 1 is 1.11 bits per heavy atom. The number of hydrogen-bond acceptors (Lipinski definition) is 3. The van der Waals surface area contributed by atoms with Gasteiger partial charge in [-0.15, -0.1) is 0 Å². The van der Waals surface area contributed by atoms with Crippen LogP contribution in [0.4, 0.5) is 4.39 Å². The summed E-state index contributed by atoms with van der Waals surface area (Å²) in [4.78, 5) is 8.51. The number of aromatic nitrogens is 2. The molecule has 0 bridgehead atoms. The predicted octanol–water partition coefficient (Wildman–Crippen LogP) is 2.54. The van der Waals surface area contributed by atoms with Crippen LogP contribution in [0.5, 0.6) is 0 Å². The molecule has 1 atom stereocenters. The number of aryl methyl sites for hydroxylation is 2. The first-order valence-corrected chi connectivity index (χ1v) is 5.83. The second kappa shape index (κ2) is 5.23. The van der Waals surface area contributed by atoms with E-state index in [0.717, 1.165) is 11.1 Å². The molecule has 1 aromatic heterocycles. The second-order valence-electron chi connectivity index (χ2n) is 4.37. The van der Waals surface area contributed by atoms with Crippen molar-refractivity contribution in [1.82, 2.24) is 15.3 Å². The minimum absolute atomic E-state index is 0.246. The Balaban J connectivity index is 2.44. The summed E-state index contributed by atoms with van der Waals surface area (Å²) < 4.78 is 13.9. The highest BCUT2D eigenvalue weighted by Crippen LogP contribution is 2.22. The van der Waals surface area contributed by atoms with E-state index in [0.29, 0.717) is 11.4 Å². The van der Waals surface area contributed by atoms with E-state index in [1.54, 1.807) is 25.5 Å². The predicted molar refractivity (Wildman–Crippen MR) is 68.8 cm³/mol. The van der Waals surface area contributed by atoms with Gasteiger partial charge < -0.3 is 5.32 Å². The zero-order chi connectivity index (χ0) is 13.1. The van der Waals surface area contributed by atoms with E-state index in [9.17, 15) is 4.39 Å². The molecule has 2 aromatic rings. The van der Waals surface area contributed by atoms with E-state index in [4.69, 9.17) is 0 Å². The van der Waals surface area contributed by atoms with Gasteiger partial charge >= 0.3 is 0 Å². The van der Waals surface area contributed by atoms with E-state index in [1.165, 1.54) is 6.07 Å². The van der Waals surface area contributed by atoms with Gasteiger partial charge in [-0.25, -0.2) is 14.4 Å². The molecule has 1 unspecified atom stereocenters. The number of nitrogens with one attached hydrogen (secondary N) is 1. The molecule has 18 heavy (non-hydrogen) atoms. The molecule has 2 rings (SSSR count). The van der Waals surface area contributed by atoms with E-state index < -0.39 is 0 Å². The molecule has 0 fully saturated rings. The molecule has 0 saturated heterocycles. The molecule has 0 radical (unpaired) electrons. The summed E-state index contributed by atoms with van der Waals surface area (Å²) in [5.74, 6) is 0.330. The van der Waals surface area contributed by atoms with Crippen molar-refractivity contribution < 1.29 is 4.39 Å². The van der Waals surface area contributed by atoms with Gasteiger partial charge in [0, 0.05) is 18.0 Å². The molecule has 4 heteroatoms. The normalized spacial score (nSPS) is 12.4. The van der Waals surface area contributed by atoms with Crippen LogP contribution in [-0.2, 0) is 0 Å². The van der Waals surface area contributed by atoms with Crippen LogP contribution in [0.15, 0.2) is 30.6 Å². The number of nitrogens with zero attached hydrogens (tertiary/aromatic N) is 2. The first kappa shape index (κ1) is 12.6. The maximum absolute atomic E-state index is 13.9. The third-order valence-corrected chi connectivity index (χ3v) is 2.81. The van der Waals surface area contributed by atoms with Gasteiger partial charge in [0.15, 0.2) is 0 Å². The van der Waals surface area contributed by atoms with Gasteiger partial charge in [0.25, 0.3) is 0 Å². The highest BCUT2D eigenvalue weighted by Gasteiger charge is 2.18. The fraction of sp³-hybridized carbons (Fsp3) is 0.286. The van der Waals surface area contributed by atoms with Crippen LogP contribution in [0.3, 0.4) is 0 Å². The van der Waals surface area contributed by atoms with Crippen molar-refractivity contribution in [3.05, 3.63) is 58.9 Å². The maximum atomic E-state index is 13.9. The lowest BCUT2D eigenvalue weighted by Gasteiger charge is -2.16. The molecular formula is C14H16FN3. The number of halogens is 1. The summed E-state index contributed by atoms with van der Waals surface area (Å²) >= 11 is 0. The Labute approximate surface area is 106 Å². The molecule has 1 N–H and O–H groups in total. The SMILES string of the molecule is CNC(c1ncc(C)cn1)c1cc(C)ccc1F. The number of hydrogen-bond donors (Lipinski definition) is 1. The second-order valence-corrected chi connectivity index (χ2v) is 4.37. The first-order chi connectivity index (χ1) is 8.61. The van der Waals surface area contributed by atoms with Crippen molar-refractivity contribution >= 4 is 0 Å². The zero-order valence-electron chi connectivity index (χ0n) is 10.7. The monoisotopic (exact) mass is 245 g/mol. The topological polar surface area (TPSA) is 37.8 Å². The van der Waals surface area contributed by atoms with Crippen LogP contribution in [0.2, 0.25) is 0 Å². The van der Waals surface area contributed by atoms with Crippen LogP contribution >= 0.6 is 0 Å². The van der Waals surface area contributed by atoms with Gasteiger partial charge in [-0.3, -0.25) is 0 Å². The molecule has 3 nitrogen and oxygen atoms in total. The largest absolute Gasteiger partial charge is 0.307 e. The highest BCUT2D eigenvalue weighted by molar-refractivity contribution is 5.30. The Morgan fingerprint density at radius 2 is 1.78 bits per heavy atom. The van der Waals surface area contributed by atoms with Crippen molar-refractivity contribution in [3.8, 4) is 0 Å². The summed E-state index contributed by atoms with van der Waals surface area (Å²) in [6.07, 6.45) is 3.47. The van der Waals surface area contributed by atoms with Gasteiger partial charge in [0.2, 0.25) is 0 Å². The van der Waals surface area contributed by atoms with Crippen LogP contribution in [0.25, 0.3) is 0 Å². The van der Waals surface area contributed by atoms with E-state index in [-0.39, 0.29) is 11.9 Å². The molecule has 1 aromatic carbocycles. The molecule has 0 saturated carbocycles. The first-order valence-electron chi connectivity index (χ1n) is 5.83. The number of benzene rings is 1. The van der Waals surface area contributed by atoms with Crippen molar-refractivity contribution in [2.45, 2.75) is 19.9 Å². The van der Waals surface area contributed by atoms with E-state index >= 15 is 0 Å². The smallest absolute Gasteiger partial charge is 0.149 e. The van der Waals surface area contributed by atoms with E-state index in [1.807, 2.05) is 19.9 Å². The third kappa shape index (κ3) is 2.54. The van der Waals surface area contributed by atoms with Gasteiger partial charge in [-0.2, -0.15) is 0 Å². The lowest BCUT2D eigenvalue weighted by atomic mass is 10.0. The Hall–Kier alpha value is -1.81. The standard InChI is InChI=1S/C14H16FN3/c1-9-4-5-12(15)11(6-9)13(16-3)14-17-7-10(2)8-18-14/h4-8,13,16H,1-3H3. The molecule has 0 aliphatic heterocycles. The average molecular weight is 245 g/mol. The summed E-state index contributed by atoms with van der Waals surface area (Å²) in [6, 6.07) is 4.72. The van der Waals surface area contributed by atoms with Gasteiger partial charge in [-0.1, -0.05) is 17.7 Å². The Kier molecular flexibility index (Phi) is 3.67. The number of rotatable bonds is 3. The van der Waals surface area contributed by atoms with Crippen LogP contribution < -0.4 is 5.32 Å². The maximum Gasteiger partial charge on any atom is 0.149 e. The van der Waals surface area contributed by atoms with Crippen LogP contribution in [0, 0.1) is 19.7 Å². The highest BCUT2D eigenvalue weighted by atomic mass is 19.1. The van der Waals surface area contributed by atoms with E-state index in [2.05, 4.69) is 15.3 Å². The molecule has 0 aliphatic carbocycles. The molecular weight excluding hydrogens is 229 g/mol. The quantitative estimate of drug-likeness (QED) is 0.903. The molecule has 1 heterocycles. The summed E-state index contributed by atoms with van der Waals surface area (Å²) in [5, 5.41) is 3.06. The minimum atomic E-state index is -0.328. The molecule has 94 valence electrons. The van der Waals surface area contributed by atoms with Crippen LogP contribution in [0.1, 0.15) is 28.6 Å². The van der Waals surface area contributed by atoms with Gasteiger partial charge in [0.05, 0.1) is 6.04 Å². The van der Waals surface area contributed by atoms with Gasteiger partial charge in [-0.05, 0) is 32.5 Å². The van der Waals surface area contributed by atoms with Crippen molar-refractivity contribution in [2.24, 2.45) is 0 Å². The third-order valence-electron chi connectivity index (χ3n) is 2.81. The zero-order valence-corrected chi connectivity index (χ0v) is 10.7. The minimum Gasteiger partial charge on any atom is -0.307 e. The van der Waals surface area contributed by atoms with Crippen molar-refractivity contribution in [3.63, 3.8) is 0 Å². The Bertz CT molecular complexity index is 537. The molecule has 0 spiro atoms. The lowest BCUT2D eigenvalue weighted by Crippen LogP contribution is -2.21. The van der Waals surface area contributed by atoms with Gasteiger partial charge in [0.1, 0.15) is 11.6 Å².